The summed E-state index contributed by atoms with van der Waals surface area (Å²) >= 11 is 0. The largest absolute Gasteiger partial charge is 0.493 e. The highest BCUT2D eigenvalue weighted by atomic mass is 16.5. The Labute approximate surface area is 263 Å². The number of rotatable bonds is 13. The number of aromatic amines is 1. The Morgan fingerprint density at radius 3 is 2.53 bits per heavy atom. The molecule has 1 aliphatic heterocycles. The molecule has 6 rings (SSSR count). The third-order valence-corrected chi connectivity index (χ3v) is 8.51. The predicted molar refractivity (Wildman–Crippen MR) is 176 cm³/mol. The van der Waals surface area contributed by atoms with Crippen LogP contribution in [0.15, 0.2) is 84.9 Å². The highest BCUT2D eigenvalue weighted by Gasteiger charge is 2.19. The zero-order valence-electron chi connectivity index (χ0n) is 25.4. The molecule has 0 unspecified atom stereocenters. The van der Waals surface area contributed by atoms with Crippen LogP contribution >= 0.6 is 0 Å². The molecule has 0 bridgehead atoms. The molecule has 1 amide bonds. The SMILES string of the molecule is O=C(NCCN1CCOCC1)c1cccc(CCc2cccc3c(CCCOc4cccc5ccccc45)c(C(=O)O)[nH]c23)c1. The molecule has 0 atom stereocenters. The fraction of sp³-hybridized carbons (Fsp3) is 0.297. The summed E-state index contributed by atoms with van der Waals surface area (Å²) in [5, 5.41) is 16.2. The van der Waals surface area contributed by atoms with Gasteiger partial charge in [0.05, 0.1) is 19.8 Å². The number of nitrogens with one attached hydrogen (secondary N) is 2. The van der Waals surface area contributed by atoms with Crippen LogP contribution in [-0.2, 0) is 24.0 Å². The van der Waals surface area contributed by atoms with Crippen molar-refractivity contribution in [1.82, 2.24) is 15.2 Å². The van der Waals surface area contributed by atoms with Gasteiger partial charge in [-0.05, 0) is 66.0 Å². The van der Waals surface area contributed by atoms with E-state index in [1.807, 2.05) is 72.8 Å². The Hall–Kier alpha value is -4.66. The number of amides is 1. The summed E-state index contributed by atoms with van der Waals surface area (Å²) in [5.41, 5.74) is 4.65. The number of hydrogen-bond acceptors (Lipinski definition) is 5. The molecule has 1 aliphatic rings. The minimum Gasteiger partial charge on any atom is -0.493 e. The maximum absolute atomic E-state index is 12.8. The minimum absolute atomic E-state index is 0.0725. The smallest absolute Gasteiger partial charge is 0.352 e. The summed E-state index contributed by atoms with van der Waals surface area (Å²) in [5.74, 6) is -0.200. The number of H-pyrrole nitrogens is 1. The van der Waals surface area contributed by atoms with Crippen LogP contribution in [0.3, 0.4) is 0 Å². The van der Waals surface area contributed by atoms with Crippen molar-refractivity contribution in [2.45, 2.75) is 25.7 Å². The van der Waals surface area contributed by atoms with Gasteiger partial charge in [-0.15, -0.1) is 0 Å². The lowest BCUT2D eigenvalue weighted by Gasteiger charge is -2.26. The highest BCUT2D eigenvalue weighted by Crippen LogP contribution is 2.29. The number of aryl methyl sites for hydroxylation is 3. The summed E-state index contributed by atoms with van der Waals surface area (Å²) < 4.78 is 11.5. The Bertz CT molecular complexity index is 1780. The molecule has 5 aromatic rings. The van der Waals surface area contributed by atoms with Crippen molar-refractivity contribution in [3.05, 3.63) is 113 Å². The van der Waals surface area contributed by atoms with Gasteiger partial charge in [0.2, 0.25) is 0 Å². The van der Waals surface area contributed by atoms with Crippen molar-refractivity contribution in [2.24, 2.45) is 0 Å². The van der Waals surface area contributed by atoms with E-state index in [9.17, 15) is 14.7 Å². The molecular formula is C37H39N3O5. The summed E-state index contributed by atoms with van der Waals surface area (Å²) in [6.45, 7) is 5.17. The van der Waals surface area contributed by atoms with Crippen molar-refractivity contribution < 1.29 is 24.2 Å². The molecule has 0 aliphatic carbocycles. The zero-order chi connectivity index (χ0) is 31.0. The lowest BCUT2D eigenvalue weighted by molar-refractivity contribution is 0.0383. The first-order chi connectivity index (χ1) is 22.1. The molecule has 0 spiro atoms. The number of hydrogen-bond donors (Lipinski definition) is 3. The van der Waals surface area contributed by atoms with Gasteiger partial charge in [0.25, 0.3) is 5.91 Å². The number of carbonyl (C=O) groups is 2. The average molecular weight is 606 g/mol. The van der Waals surface area contributed by atoms with Gasteiger partial charge in [0.15, 0.2) is 0 Å². The maximum atomic E-state index is 12.8. The lowest BCUT2D eigenvalue weighted by Crippen LogP contribution is -2.41. The van der Waals surface area contributed by atoms with Crippen LogP contribution < -0.4 is 10.1 Å². The predicted octanol–water partition coefficient (Wildman–Crippen LogP) is 5.88. The summed E-state index contributed by atoms with van der Waals surface area (Å²) in [4.78, 5) is 30.6. The topological polar surface area (TPSA) is 104 Å². The zero-order valence-corrected chi connectivity index (χ0v) is 25.4. The van der Waals surface area contributed by atoms with Gasteiger partial charge in [-0.2, -0.15) is 0 Å². The number of para-hydroxylation sites is 1. The van der Waals surface area contributed by atoms with Crippen molar-refractivity contribution in [3.8, 4) is 5.75 Å². The van der Waals surface area contributed by atoms with Crippen LogP contribution in [0.4, 0.5) is 0 Å². The van der Waals surface area contributed by atoms with Gasteiger partial charge in [-0.1, -0.05) is 66.7 Å². The average Bonchev–Trinajstić information content (AvgIpc) is 3.46. The standard InChI is InChI=1S/C37H39N3O5/c41-36(38-18-19-40-20-23-44-24-21-40)29-11-3-7-26(25-29)16-17-28-10-4-13-31-32(35(37(42)43)39-34(28)31)14-6-22-45-33-15-5-9-27-8-1-2-12-30(27)33/h1-5,7-13,15,25,39H,6,14,16-24H2,(H,38,41)(H,42,43). The number of morpholine rings is 1. The van der Waals surface area contributed by atoms with Crippen molar-refractivity contribution in [1.29, 1.82) is 0 Å². The van der Waals surface area contributed by atoms with Gasteiger partial charge in [-0.25, -0.2) is 4.79 Å². The molecule has 1 saturated heterocycles. The number of aromatic nitrogens is 1. The monoisotopic (exact) mass is 605 g/mol. The number of carboxylic acid groups (broad SMARTS) is 1. The number of carboxylic acids is 1. The summed E-state index contributed by atoms with van der Waals surface area (Å²) in [6, 6.07) is 27.9. The first-order valence-electron chi connectivity index (χ1n) is 15.7. The fourth-order valence-electron chi connectivity index (χ4n) is 6.14. The van der Waals surface area contributed by atoms with Crippen LogP contribution in [-0.4, -0.2) is 72.9 Å². The summed E-state index contributed by atoms with van der Waals surface area (Å²) in [7, 11) is 0. The van der Waals surface area contributed by atoms with Gasteiger partial charge in [-0.3, -0.25) is 9.69 Å². The van der Waals surface area contributed by atoms with Crippen molar-refractivity contribution >= 4 is 33.6 Å². The molecule has 1 aromatic heterocycles. The van der Waals surface area contributed by atoms with E-state index in [1.54, 1.807) is 0 Å². The number of nitrogens with zero attached hydrogens (tertiary/aromatic N) is 1. The molecule has 2 heterocycles. The van der Waals surface area contributed by atoms with E-state index >= 15 is 0 Å². The van der Waals surface area contributed by atoms with Crippen LogP contribution in [0.25, 0.3) is 21.7 Å². The highest BCUT2D eigenvalue weighted by molar-refractivity contribution is 5.98. The molecule has 45 heavy (non-hydrogen) atoms. The Balaban J connectivity index is 1.09. The normalized spacial score (nSPS) is 13.7. The van der Waals surface area contributed by atoms with E-state index in [1.165, 1.54) is 0 Å². The Morgan fingerprint density at radius 2 is 1.67 bits per heavy atom. The quantitative estimate of drug-likeness (QED) is 0.145. The molecular weight excluding hydrogens is 566 g/mol. The molecule has 0 radical (unpaired) electrons. The van der Waals surface area contributed by atoms with Crippen LogP contribution in [0.5, 0.6) is 5.75 Å². The lowest BCUT2D eigenvalue weighted by atomic mass is 9.99. The molecule has 8 heteroatoms. The van der Waals surface area contributed by atoms with E-state index in [0.29, 0.717) is 38.0 Å². The van der Waals surface area contributed by atoms with E-state index in [4.69, 9.17) is 9.47 Å². The third-order valence-electron chi connectivity index (χ3n) is 8.51. The number of carbonyl (C=O) groups excluding carboxylic acids is 1. The van der Waals surface area contributed by atoms with Gasteiger partial charge in [0, 0.05) is 48.0 Å². The molecule has 0 saturated carbocycles. The molecule has 3 N–H and O–H groups in total. The van der Waals surface area contributed by atoms with Crippen LogP contribution in [0.2, 0.25) is 0 Å². The number of ether oxygens (including phenoxy) is 2. The first kappa shape index (κ1) is 30.4. The number of fused-ring (bicyclic) bond motifs is 2. The van der Waals surface area contributed by atoms with Gasteiger partial charge >= 0.3 is 5.97 Å². The molecule has 8 nitrogen and oxygen atoms in total. The second-order valence-corrected chi connectivity index (χ2v) is 11.5. The van der Waals surface area contributed by atoms with Gasteiger partial charge in [0.1, 0.15) is 11.4 Å². The van der Waals surface area contributed by atoms with Crippen LogP contribution in [0, 0.1) is 0 Å². The molecule has 232 valence electrons. The van der Waals surface area contributed by atoms with Gasteiger partial charge < -0.3 is 24.9 Å². The van der Waals surface area contributed by atoms with E-state index in [2.05, 4.69) is 27.3 Å². The van der Waals surface area contributed by atoms with Crippen LogP contribution in [0.1, 0.15) is 44.0 Å². The summed E-state index contributed by atoms with van der Waals surface area (Å²) in [6.07, 6.45) is 2.70. The number of aromatic carboxylic acids is 1. The number of benzene rings is 4. The Kier molecular flexibility index (Phi) is 9.73. The first-order valence-corrected chi connectivity index (χ1v) is 15.7. The third kappa shape index (κ3) is 7.36. The van der Waals surface area contributed by atoms with E-state index in [-0.39, 0.29) is 11.6 Å². The minimum atomic E-state index is -0.963. The second-order valence-electron chi connectivity index (χ2n) is 11.5. The maximum Gasteiger partial charge on any atom is 0.352 e. The fourth-order valence-corrected chi connectivity index (χ4v) is 6.14. The van der Waals surface area contributed by atoms with E-state index in [0.717, 1.165) is 83.4 Å². The molecule has 4 aromatic carbocycles. The molecule has 1 fully saturated rings. The second kappa shape index (κ2) is 14.4. The van der Waals surface area contributed by atoms with E-state index < -0.39 is 5.97 Å². The van der Waals surface area contributed by atoms with Crippen molar-refractivity contribution in [3.63, 3.8) is 0 Å². The van der Waals surface area contributed by atoms with Crippen molar-refractivity contribution in [2.75, 3.05) is 46.0 Å². The Morgan fingerprint density at radius 1 is 0.889 bits per heavy atom.